The molecule has 1 aromatic heterocycles. The van der Waals surface area contributed by atoms with E-state index in [4.69, 9.17) is 18.9 Å². The first-order valence-corrected chi connectivity index (χ1v) is 11.0. The summed E-state index contributed by atoms with van der Waals surface area (Å²) in [6, 6.07) is 7.67. The highest BCUT2D eigenvalue weighted by Gasteiger charge is 2.44. The molecule has 1 aliphatic heterocycles. The summed E-state index contributed by atoms with van der Waals surface area (Å²) in [5.74, 6) is -5.08. The van der Waals surface area contributed by atoms with Crippen LogP contribution in [-0.4, -0.2) is 60.5 Å². The molecule has 0 radical (unpaired) electrons. The summed E-state index contributed by atoms with van der Waals surface area (Å²) in [7, 11) is 3.53. The monoisotopic (exact) mass is 488 g/mol. The number of aromatic nitrogens is 2. The van der Waals surface area contributed by atoms with Crippen molar-refractivity contribution in [1.82, 2.24) is 9.13 Å². The maximum Gasteiger partial charge on any atom is 0.340 e. The highest BCUT2D eigenvalue weighted by Crippen LogP contribution is 2.36. The van der Waals surface area contributed by atoms with E-state index in [1.807, 2.05) is 13.8 Å². The number of benzene rings is 1. The molecule has 0 aliphatic carbocycles. The Bertz CT molecular complexity index is 1200. The Hall–Kier alpha value is -3.57. The van der Waals surface area contributed by atoms with Gasteiger partial charge in [-0.2, -0.15) is 4.57 Å². The molecular formula is C24H28N2O9. The third-order valence-electron chi connectivity index (χ3n) is 6.20. The Labute approximate surface area is 201 Å². The van der Waals surface area contributed by atoms with Crippen LogP contribution < -0.4 is 11.2 Å². The number of nitrogens with zero attached hydrogens (tertiary/aromatic N) is 2. The summed E-state index contributed by atoms with van der Waals surface area (Å²) in [4.78, 5) is 65.3. The number of rotatable bonds is 7. The fraction of sp³-hybridized carbons (Fsp3) is 0.458. The standard InChI is InChI=1S/C24H28N2O9/c1-6-16-13(2)18(32-3)21(35-16)25-12-15(17(22(29)33-4)23(30)34-5)20(28)26(24(25)31)19(27)14-10-8-7-9-11-14/h7-13,16-18,21H,6H2,1-5H3/t13?,16-,18+,21-/m1/s1. The predicted octanol–water partition coefficient (Wildman–Crippen LogP) is 1.09. The van der Waals surface area contributed by atoms with Crippen molar-refractivity contribution in [2.45, 2.75) is 44.6 Å². The third kappa shape index (κ3) is 4.69. The van der Waals surface area contributed by atoms with Crippen LogP contribution in [-0.2, 0) is 28.5 Å². The Morgan fingerprint density at radius 3 is 2.14 bits per heavy atom. The van der Waals surface area contributed by atoms with Crippen LogP contribution in [0.5, 0.6) is 0 Å². The van der Waals surface area contributed by atoms with E-state index in [1.165, 1.54) is 19.2 Å². The van der Waals surface area contributed by atoms with Gasteiger partial charge >= 0.3 is 17.6 Å². The molecule has 1 fully saturated rings. The molecule has 0 saturated carbocycles. The molecule has 0 amide bonds. The Kier molecular flexibility index (Phi) is 8.03. The molecule has 0 N–H and O–H groups in total. The second-order valence-corrected chi connectivity index (χ2v) is 8.10. The molecule has 188 valence electrons. The minimum atomic E-state index is -1.83. The molecular weight excluding hydrogens is 460 g/mol. The van der Waals surface area contributed by atoms with Gasteiger partial charge in [-0.15, -0.1) is 0 Å². The average Bonchev–Trinajstić information content (AvgIpc) is 3.20. The number of carbonyl (C=O) groups excluding carboxylic acids is 3. The van der Waals surface area contributed by atoms with E-state index >= 15 is 0 Å². The highest BCUT2D eigenvalue weighted by molar-refractivity contribution is 6.01. The molecule has 1 unspecified atom stereocenters. The molecule has 0 bridgehead atoms. The fourth-order valence-electron chi connectivity index (χ4n) is 4.32. The van der Waals surface area contributed by atoms with E-state index in [1.54, 1.807) is 18.2 Å². The Balaban J connectivity index is 2.34. The van der Waals surface area contributed by atoms with Gasteiger partial charge in [0.15, 0.2) is 12.1 Å². The van der Waals surface area contributed by atoms with Crippen molar-refractivity contribution in [2.24, 2.45) is 5.92 Å². The van der Waals surface area contributed by atoms with E-state index in [-0.39, 0.29) is 17.6 Å². The molecule has 1 saturated heterocycles. The van der Waals surface area contributed by atoms with E-state index in [0.717, 1.165) is 25.0 Å². The number of hydrogen-bond donors (Lipinski definition) is 0. The van der Waals surface area contributed by atoms with Crippen LogP contribution in [0.2, 0.25) is 0 Å². The third-order valence-corrected chi connectivity index (χ3v) is 6.20. The molecule has 0 spiro atoms. The lowest BCUT2D eigenvalue weighted by Crippen LogP contribution is -2.49. The Morgan fingerprint density at radius 2 is 1.63 bits per heavy atom. The number of hydrogen-bond acceptors (Lipinski definition) is 9. The van der Waals surface area contributed by atoms with Gasteiger partial charge in [-0.25, -0.2) is 4.79 Å². The van der Waals surface area contributed by atoms with Crippen molar-refractivity contribution in [2.75, 3.05) is 21.3 Å². The molecule has 4 atom stereocenters. The molecule has 3 rings (SSSR count). The van der Waals surface area contributed by atoms with Crippen molar-refractivity contribution < 1.29 is 33.3 Å². The van der Waals surface area contributed by atoms with Crippen LogP contribution in [0.3, 0.4) is 0 Å². The normalized spacial score (nSPS) is 21.7. The number of carbonyl (C=O) groups is 3. The number of methoxy groups -OCH3 is 3. The second kappa shape index (κ2) is 10.8. The summed E-state index contributed by atoms with van der Waals surface area (Å²) < 4.78 is 22.4. The molecule has 2 heterocycles. The first-order chi connectivity index (χ1) is 16.7. The van der Waals surface area contributed by atoms with Gasteiger partial charge in [-0.3, -0.25) is 23.7 Å². The molecule has 11 heteroatoms. The average molecular weight is 488 g/mol. The van der Waals surface area contributed by atoms with Crippen LogP contribution >= 0.6 is 0 Å². The first kappa shape index (κ1) is 26.0. The quantitative estimate of drug-likeness (QED) is 0.415. The van der Waals surface area contributed by atoms with Gasteiger partial charge in [0, 0.05) is 24.8 Å². The van der Waals surface area contributed by atoms with Crippen molar-refractivity contribution in [3.63, 3.8) is 0 Å². The van der Waals surface area contributed by atoms with Crippen LogP contribution in [0, 0.1) is 5.92 Å². The van der Waals surface area contributed by atoms with Crippen LogP contribution in [0.1, 0.15) is 48.3 Å². The maximum atomic E-state index is 13.5. The van der Waals surface area contributed by atoms with E-state index in [2.05, 4.69) is 0 Å². The lowest BCUT2D eigenvalue weighted by Gasteiger charge is -2.23. The zero-order valence-corrected chi connectivity index (χ0v) is 20.1. The maximum absolute atomic E-state index is 13.5. The van der Waals surface area contributed by atoms with E-state index < -0.39 is 52.9 Å². The van der Waals surface area contributed by atoms with E-state index in [9.17, 15) is 24.0 Å². The summed E-state index contributed by atoms with van der Waals surface area (Å²) in [6.07, 6.45) is -0.258. The molecule has 1 aromatic carbocycles. The van der Waals surface area contributed by atoms with Crippen molar-refractivity contribution >= 4 is 17.8 Å². The van der Waals surface area contributed by atoms with Gasteiger partial charge in [-0.05, 0) is 18.6 Å². The second-order valence-electron chi connectivity index (χ2n) is 8.10. The number of esters is 2. The van der Waals surface area contributed by atoms with Crippen molar-refractivity contribution in [3.8, 4) is 0 Å². The lowest BCUT2D eigenvalue weighted by molar-refractivity contribution is -0.154. The van der Waals surface area contributed by atoms with E-state index in [0.29, 0.717) is 11.0 Å². The summed E-state index contributed by atoms with van der Waals surface area (Å²) in [6.45, 7) is 3.81. The summed E-state index contributed by atoms with van der Waals surface area (Å²) in [5.41, 5.74) is -2.57. The molecule has 35 heavy (non-hydrogen) atoms. The lowest BCUT2D eigenvalue weighted by atomic mass is 9.98. The summed E-state index contributed by atoms with van der Waals surface area (Å²) in [5, 5.41) is 0. The van der Waals surface area contributed by atoms with Crippen LogP contribution in [0.4, 0.5) is 0 Å². The van der Waals surface area contributed by atoms with Gasteiger partial charge in [0.1, 0.15) is 6.10 Å². The minimum absolute atomic E-state index is 0.0542. The SMILES string of the molecule is CC[C@H]1O[C@@H](n2cc(C(C(=O)OC)C(=O)OC)c(=O)n(C(=O)c3ccccc3)c2=O)[C@@H](OC)C1C. The van der Waals surface area contributed by atoms with Crippen molar-refractivity contribution in [1.29, 1.82) is 0 Å². The minimum Gasteiger partial charge on any atom is -0.468 e. The fourth-order valence-corrected chi connectivity index (χ4v) is 4.32. The van der Waals surface area contributed by atoms with Crippen LogP contribution in [0.15, 0.2) is 46.1 Å². The zero-order valence-electron chi connectivity index (χ0n) is 20.1. The van der Waals surface area contributed by atoms with Gasteiger partial charge in [0.05, 0.1) is 25.9 Å². The largest absolute Gasteiger partial charge is 0.468 e. The van der Waals surface area contributed by atoms with Crippen molar-refractivity contribution in [3.05, 3.63) is 68.5 Å². The van der Waals surface area contributed by atoms with Gasteiger partial charge in [0.25, 0.3) is 11.5 Å². The molecule has 2 aromatic rings. The zero-order chi connectivity index (χ0) is 25.9. The Morgan fingerprint density at radius 1 is 1.03 bits per heavy atom. The number of ether oxygens (including phenoxy) is 4. The van der Waals surface area contributed by atoms with Gasteiger partial charge in [0.2, 0.25) is 0 Å². The molecule has 11 nitrogen and oxygen atoms in total. The van der Waals surface area contributed by atoms with Gasteiger partial charge in [-0.1, -0.05) is 32.0 Å². The van der Waals surface area contributed by atoms with Gasteiger partial charge < -0.3 is 18.9 Å². The predicted molar refractivity (Wildman–Crippen MR) is 122 cm³/mol. The molecule has 1 aliphatic rings. The van der Waals surface area contributed by atoms with Crippen LogP contribution in [0.25, 0.3) is 0 Å². The first-order valence-electron chi connectivity index (χ1n) is 11.0. The topological polar surface area (TPSA) is 132 Å². The summed E-state index contributed by atoms with van der Waals surface area (Å²) >= 11 is 0. The smallest absolute Gasteiger partial charge is 0.340 e. The highest BCUT2D eigenvalue weighted by atomic mass is 16.6.